The molecule has 50 heavy (non-hydrogen) atoms. The number of sulfonamides is 1. The lowest BCUT2D eigenvalue weighted by Crippen LogP contribution is -2.59. The van der Waals surface area contributed by atoms with Gasteiger partial charge in [0.1, 0.15) is 27.8 Å². The number of carbonyl (C=O) groups is 3. The fraction of sp³-hybridized carbons (Fsp3) is 0.406. The lowest BCUT2D eigenvalue weighted by Gasteiger charge is -2.32. The SMILES string of the molecule is CCNC(=S)N(NC(=O)OC(C)(C)C)C(C=O)Nc1ccc(S(=O)(=O)N(Cc2ccc(OC)cc2)c2scnc2C(=O)OC(C)(C)C)cc1F. The number of hydrazine groups is 1. The van der Waals surface area contributed by atoms with Crippen LogP contribution in [0.3, 0.4) is 0 Å². The number of ether oxygens (including phenoxy) is 3. The Morgan fingerprint density at radius 1 is 1.06 bits per heavy atom. The zero-order valence-electron chi connectivity index (χ0n) is 28.9. The van der Waals surface area contributed by atoms with Gasteiger partial charge in [-0.05, 0) is 96.6 Å². The summed E-state index contributed by atoms with van der Waals surface area (Å²) >= 11 is 6.21. The Hall–Kier alpha value is -4.55. The number of thiazole rings is 1. The van der Waals surface area contributed by atoms with Crippen molar-refractivity contribution in [1.29, 1.82) is 0 Å². The minimum Gasteiger partial charge on any atom is -0.497 e. The van der Waals surface area contributed by atoms with E-state index >= 15 is 4.39 Å². The van der Waals surface area contributed by atoms with Crippen LogP contribution in [0.2, 0.25) is 0 Å². The first-order chi connectivity index (χ1) is 23.3. The van der Waals surface area contributed by atoms with Gasteiger partial charge in [0.15, 0.2) is 23.3 Å². The number of carbonyl (C=O) groups excluding carboxylic acids is 3. The van der Waals surface area contributed by atoms with Crippen LogP contribution in [0.5, 0.6) is 5.75 Å². The standard InChI is InChI=1S/C32H41FN6O8S3/c1-9-34-29(48)39(37-30(42)47-32(5,6)7)25(18-40)36-24-15-14-22(16-23(24)33)50(43,44)38(17-20-10-12-21(45-8)13-11-20)27-26(35-19-49-27)28(41)46-31(2,3)4/h10-16,18-19,25,36H,9,17H2,1-8H3,(H,34,48)(H,37,42). The van der Waals surface area contributed by atoms with Crippen molar-refractivity contribution in [1.82, 2.24) is 20.7 Å². The van der Waals surface area contributed by atoms with Gasteiger partial charge in [-0.15, -0.1) is 11.3 Å². The molecule has 1 heterocycles. The highest BCUT2D eigenvalue weighted by Gasteiger charge is 2.34. The normalized spacial score (nSPS) is 12.3. The first kappa shape index (κ1) is 39.9. The second kappa shape index (κ2) is 16.4. The number of halogens is 1. The van der Waals surface area contributed by atoms with Crippen LogP contribution in [0.15, 0.2) is 52.9 Å². The summed E-state index contributed by atoms with van der Waals surface area (Å²) in [6.45, 7) is 11.7. The van der Waals surface area contributed by atoms with E-state index in [4.69, 9.17) is 26.4 Å². The largest absolute Gasteiger partial charge is 0.497 e. The number of aldehydes is 1. The topological polar surface area (TPSA) is 168 Å². The van der Waals surface area contributed by atoms with Crippen molar-refractivity contribution in [2.24, 2.45) is 0 Å². The zero-order chi connectivity index (χ0) is 37.4. The van der Waals surface area contributed by atoms with E-state index in [1.807, 2.05) is 0 Å². The van der Waals surface area contributed by atoms with E-state index in [-0.39, 0.29) is 28.0 Å². The smallest absolute Gasteiger partial charge is 0.426 e. The Labute approximate surface area is 300 Å². The number of nitrogens with zero attached hydrogens (tertiary/aromatic N) is 3. The third-order valence-electron chi connectivity index (χ3n) is 6.25. The fourth-order valence-corrected chi connectivity index (χ4v) is 6.93. The molecule has 3 rings (SSSR count). The molecule has 0 aliphatic heterocycles. The van der Waals surface area contributed by atoms with E-state index in [1.54, 1.807) is 72.7 Å². The van der Waals surface area contributed by atoms with E-state index in [0.717, 1.165) is 38.9 Å². The number of hydrogen-bond donors (Lipinski definition) is 3. The number of benzene rings is 2. The lowest BCUT2D eigenvalue weighted by atomic mass is 10.2. The third kappa shape index (κ3) is 10.7. The Balaban J connectivity index is 2.02. The highest BCUT2D eigenvalue weighted by Crippen LogP contribution is 2.34. The molecule has 0 bridgehead atoms. The third-order valence-corrected chi connectivity index (χ3v) is 9.30. The Kier molecular flexibility index (Phi) is 13.1. The van der Waals surface area contributed by atoms with Crippen LogP contribution in [-0.4, -0.2) is 72.9 Å². The van der Waals surface area contributed by atoms with Crippen molar-refractivity contribution < 1.29 is 41.4 Å². The van der Waals surface area contributed by atoms with Crippen LogP contribution in [0.4, 0.5) is 19.9 Å². The molecule has 0 radical (unpaired) electrons. The van der Waals surface area contributed by atoms with Gasteiger partial charge in [-0.1, -0.05) is 12.1 Å². The predicted octanol–water partition coefficient (Wildman–Crippen LogP) is 5.21. The highest BCUT2D eigenvalue weighted by atomic mass is 32.2. The molecule has 18 heteroatoms. The molecular weight excluding hydrogens is 712 g/mol. The van der Waals surface area contributed by atoms with Gasteiger partial charge in [-0.3, -0.25) is 9.10 Å². The fourth-order valence-electron chi connectivity index (χ4n) is 4.15. The Morgan fingerprint density at radius 2 is 1.70 bits per heavy atom. The van der Waals surface area contributed by atoms with E-state index in [2.05, 4.69) is 21.0 Å². The van der Waals surface area contributed by atoms with Crippen LogP contribution in [-0.2, 0) is 30.8 Å². The molecule has 1 atom stereocenters. The number of amides is 1. The molecule has 14 nitrogen and oxygen atoms in total. The summed E-state index contributed by atoms with van der Waals surface area (Å²) in [7, 11) is -3.08. The van der Waals surface area contributed by atoms with Gasteiger partial charge in [0, 0.05) is 6.54 Å². The van der Waals surface area contributed by atoms with Crippen LogP contribution in [0, 0.1) is 5.82 Å². The van der Waals surface area contributed by atoms with Crippen molar-refractivity contribution in [2.45, 2.75) is 77.3 Å². The quantitative estimate of drug-likeness (QED) is 0.0726. The predicted molar refractivity (Wildman–Crippen MR) is 191 cm³/mol. The van der Waals surface area contributed by atoms with Gasteiger partial charge in [-0.2, -0.15) is 0 Å². The average Bonchev–Trinajstić information content (AvgIpc) is 3.50. The van der Waals surface area contributed by atoms with Crippen molar-refractivity contribution in [3.8, 4) is 5.75 Å². The van der Waals surface area contributed by atoms with Gasteiger partial charge in [-0.25, -0.2) is 37.8 Å². The molecule has 272 valence electrons. The summed E-state index contributed by atoms with van der Waals surface area (Å²) in [5.74, 6) is -1.35. The molecule has 3 N–H and O–H groups in total. The molecule has 1 amide bonds. The summed E-state index contributed by atoms with van der Waals surface area (Å²) in [5, 5.41) is 6.26. The molecular formula is C32H41FN6O8S3. The van der Waals surface area contributed by atoms with Gasteiger partial charge in [0.2, 0.25) is 0 Å². The van der Waals surface area contributed by atoms with Crippen molar-refractivity contribution >= 4 is 67.7 Å². The maximum Gasteiger partial charge on any atom is 0.426 e. The first-order valence-electron chi connectivity index (χ1n) is 15.2. The Morgan fingerprint density at radius 3 is 2.24 bits per heavy atom. The molecule has 1 aromatic heterocycles. The second-order valence-corrected chi connectivity index (χ2v) is 15.6. The number of esters is 1. The van der Waals surface area contributed by atoms with E-state index in [9.17, 15) is 22.8 Å². The Bertz CT molecular complexity index is 1790. The lowest BCUT2D eigenvalue weighted by molar-refractivity contribution is -0.111. The van der Waals surface area contributed by atoms with E-state index < -0.39 is 50.2 Å². The summed E-state index contributed by atoms with van der Waals surface area (Å²) < 4.78 is 61.1. The summed E-state index contributed by atoms with van der Waals surface area (Å²) in [5.41, 5.74) is 1.93. The van der Waals surface area contributed by atoms with Crippen LogP contribution >= 0.6 is 23.6 Å². The molecule has 1 unspecified atom stereocenters. The van der Waals surface area contributed by atoms with Gasteiger partial charge in [0.25, 0.3) is 10.0 Å². The molecule has 3 aromatic rings. The zero-order valence-corrected chi connectivity index (χ0v) is 31.3. The number of nitrogens with one attached hydrogen (secondary N) is 3. The second-order valence-electron chi connectivity index (χ2n) is 12.6. The van der Waals surface area contributed by atoms with E-state index in [0.29, 0.717) is 24.1 Å². The number of thiocarbonyl (C=S) groups is 1. The number of rotatable bonds is 12. The number of hydrogen-bond acceptors (Lipinski definition) is 12. The van der Waals surface area contributed by atoms with Crippen molar-refractivity contribution in [3.05, 3.63) is 65.0 Å². The molecule has 0 aliphatic rings. The van der Waals surface area contributed by atoms with Crippen LogP contribution in [0.1, 0.15) is 64.5 Å². The molecule has 0 spiro atoms. The average molecular weight is 753 g/mol. The molecule has 0 saturated heterocycles. The minimum absolute atomic E-state index is 0.0421. The molecule has 0 fully saturated rings. The number of aromatic nitrogens is 1. The summed E-state index contributed by atoms with van der Waals surface area (Å²) in [6, 6.07) is 9.61. The summed E-state index contributed by atoms with van der Waals surface area (Å²) in [4.78, 5) is 41.5. The molecule has 0 aliphatic carbocycles. The van der Waals surface area contributed by atoms with Gasteiger partial charge >= 0.3 is 12.1 Å². The van der Waals surface area contributed by atoms with Crippen LogP contribution in [0.25, 0.3) is 0 Å². The van der Waals surface area contributed by atoms with Gasteiger partial charge < -0.3 is 24.8 Å². The molecule has 0 saturated carbocycles. The molecule has 2 aromatic carbocycles. The summed E-state index contributed by atoms with van der Waals surface area (Å²) in [6.07, 6.45) is -2.02. The maximum absolute atomic E-state index is 15.7. The van der Waals surface area contributed by atoms with E-state index in [1.165, 1.54) is 12.6 Å². The maximum atomic E-state index is 15.7. The first-order valence-corrected chi connectivity index (χ1v) is 17.9. The van der Waals surface area contributed by atoms with Crippen LogP contribution < -0.4 is 25.1 Å². The monoisotopic (exact) mass is 752 g/mol. The van der Waals surface area contributed by atoms with Gasteiger partial charge in [0.05, 0.1) is 29.7 Å². The van der Waals surface area contributed by atoms with Crippen molar-refractivity contribution in [3.63, 3.8) is 0 Å². The number of anilines is 2. The highest BCUT2D eigenvalue weighted by molar-refractivity contribution is 7.93. The number of methoxy groups -OCH3 is 1. The minimum atomic E-state index is -4.57. The van der Waals surface area contributed by atoms with Crippen molar-refractivity contribution in [2.75, 3.05) is 23.3 Å².